The van der Waals surface area contributed by atoms with Gasteiger partial charge in [0.1, 0.15) is 4.33 Å². The van der Waals surface area contributed by atoms with E-state index in [1.54, 1.807) is 24.3 Å². The van der Waals surface area contributed by atoms with Crippen molar-refractivity contribution in [2.45, 2.75) is 34.4 Å². The average Bonchev–Trinajstić information content (AvgIpc) is 3.14. The molecule has 1 aliphatic rings. The van der Waals surface area contributed by atoms with Crippen LogP contribution >= 0.6 is 23.2 Å². The van der Waals surface area contributed by atoms with Crippen molar-refractivity contribution in [2.75, 3.05) is 5.75 Å². The molecule has 1 saturated carbocycles. The molecular weight excluding hydrogens is 397 g/mol. The summed E-state index contributed by atoms with van der Waals surface area (Å²) in [7, 11) is -4.56. The molecular formula is C18H19Cl2NO2S2. The van der Waals surface area contributed by atoms with Crippen LogP contribution in [0.15, 0.2) is 62.1 Å². The average molecular weight is 416 g/mol. The van der Waals surface area contributed by atoms with Gasteiger partial charge in [0, 0.05) is 16.6 Å². The van der Waals surface area contributed by atoms with E-state index in [0.29, 0.717) is 12.2 Å². The van der Waals surface area contributed by atoms with E-state index in [1.165, 1.54) is 0 Å². The molecule has 2 aromatic carbocycles. The predicted molar refractivity (Wildman–Crippen MR) is 105 cm³/mol. The van der Waals surface area contributed by atoms with Crippen LogP contribution in [-0.4, -0.2) is 18.5 Å². The van der Waals surface area contributed by atoms with E-state index in [0.717, 1.165) is 16.0 Å². The van der Waals surface area contributed by atoms with E-state index in [1.807, 2.05) is 38.1 Å². The lowest BCUT2D eigenvalue weighted by Crippen LogP contribution is -2.08. The topological polar surface area (TPSA) is 46.5 Å². The quantitative estimate of drug-likeness (QED) is 0.641. The van der Waals surface area contributed by atoms with Crippen LogP contribution in [0.4, 0.5) is 0 Å². The van der Waals surface area contributed by atoms with Gasteiger partial charge in [-0.25, -0.2) is 0 Å². The van der Waals surface area contributed by atoms with E-state index in [9.17, 15) is 8.42 Å². The van der Waals surface area contributed by atoms with Gasteiger partial charge in [-0.15, -0.1) is 27.0 Å². The summed E-state index contributed by atoms with van der Waals surface area (Å²) in [5.41, 5.74) is 2.12. The number of sulfonamides is 1. The highest BCUT2D eigenvalue weighted by Crippen LogP contribution is 2.53. The number of benzene rings is 2. The molecule has 134 valence electrons. The van der Waals surface area contributed by atoms with Crippen LogP contribution in [0.2, 0.25) is 0 Å². The van der Waals surface area contributed by atoms with E-state index in [2.05, 4.69) is 3.77 Å². The van der Waals surface area contributed by atoms with Crippen LogP contribution in [0, 0.1) is 19.8 Å². The molecule has 0 aromatic heterocycles. The van der Waals surface area contributed by atoms with Gasteiger partial charge < -0.3 is 0 Å². The molecule has 0 radical (unpaired) electrons. The van der Waals surface area contributed by atoms with Crippen LogP contribution in [0.5, 0.6) is 0 Å². The van der Waals surface area contributed by atoms with Crippen molar-refractivity contribution in [3.05, 3.63) is 59.7 Å². The van der Waals surface area contributed by atoms with Gasteiger partial charge in [0.15, 0.2) is 0 Å². The number of rotatable bonds is 5. The fraction of sp³-hybridized carbons (Fsp3) is 0.333. The molecule has 2 atom stereocenters. The fourth-order valence-electron chi connectivity index (χ4n) is 2.38. The number of alkyl halides is 2. The Morgan fingerprint density at radius 2 is 1.52 bits per heavy atom. The molecule has 0 amide bonds. The first kappa shape index (κ1) is 18.9. The molecule has 0 heterocycles. The van der Waals surface area contributed by atoms with Gasteiger partial charge in [-0.05, 0) is 44.5 Å². The second-order valence-electron chi connectivity index (χ2n) is 6.37. The molecule has 1 aliphatic carbocycles. The number of hydrogen-bond donors (Lipinski definition) is 0. The lowest BCUT2D eigenvalue weighted by Gasteiger charge is -2.10. The maximum absolute atomic E-state index is 12.7. The molecule has 2 aromatic rings. The Morgan fingerprint density at radius 1 is 1.04 bits per heavy atom. The first-order valence-electron chi connectivity index (χ1n) is 7.87. The van der Waals surface area contributed by atoms with Crippen molar-refractivity contribution in [2.24, 2.45) is 9.69 Å². The molecule has 0 spiro atoms. The van der Waals surface area contributed by atoms with Crippen LogP contribution < -0.4 is 0 Å². The van der Waals surface area contributed by atoms with Gasteiger partial charge >= 0.3 is 0 Å². The van der Waals surface area contributed by atoms with Gasteiger partial charge in [0.25, 0.3) is 10.0 Å². The third-order valence-electron chi connectivity index (χ3n) is 4.11. The van der Waals surface area contributed by atoms with Crippen LogP contribution in [-0.2, 0) is 20.7 Å². The summed E-state index contributed by atoms with van der Waals surface area (Å²) < 4.78 is 28.9. The SMILES string of the molecule is Cc1ccc([S@](C[C@H]2CC2(Cl)Cl)=NS(=O)(=O)c2ccc(C)cc2)cc1. The Labute approximate surface area is 161 Å². The number of hydrogen-bond acceptors (Lipinski definition) is 2. The summed E-state index contributed by atoms with van der Waals surface area (Å²) in [6.07, 6.45) is 0.672. The lowest BCUT2D eigenvalue weighted by molar-refractivity contribution is 0.598. The highest BCUT2D eigenvalue weighted by Gasteiger charge is 2.51. The summed E-state index contributed by atoms with van der Waals surface area (Å²) in [5, 5.41) is 0. The van der Waals surface area contributed by atoms with E-state index >= 15 is 0 Å². The predicted octanol–water partition coefficient (Wildman–Crippen LogP) is 5.05. The third kappa shape index (κ3) is 4.64. The second-order valence-corrected chi connectivity index (χ2v) is 11.5. The van der Waals surface area contributed by atoms with Crippen molar-refractivity contribution in [1.82, 2.24) is 0 Å². The maximum atomic E-state index is 12.7. The minimum Gasteiger partial charge on any atom is -0.199 e. The van der Waals surface area contributed by atoms with Crippen molar-refractivity contribution in [3.8, 4) is 0 Å². The second kappa shape index (κ2) is 7.03. The molecule has 3 rings (SSSR count). The number of halogens is 2. The minimum atomic E-state index is -3.74. The Kier molecular flexibility index (Phi) is 5.31. The van der Waals surface area contributed by atoms with Crippen molar-refractivity contribution in [1.29, 1.82) is 0 Å². The summed E-state index contributed by atoms with van der Waals surface area (Å²) >= 11 is 12.3. The Balaban J connectivity index is 1.99. The number of nitrogens with zero attached hydrogens (tertiary/aromatic N) is 1. The molecule has 0 aliphatic heterocycles. The van der Waals surface area contributed by atoms with E-state index in [4.69, 9.17) is 23.2 Å². The van der Waals surface area contributed by atoms with E-state index < -0.39 is 25.0 Å². The molecule has 0 bridgehead atoms. The highest BCUT2D eigenvalue weighted by molar-refractivity contribution is 8.00. The zero-order valence-electron chi connectivity index (χ0n) is 13.9. The molecule has 0 unspecified atom stereocenters. The first-order chi connectivity index (χ1) is 11.7. The van der Waals surface area contributed by atoms with Crippen LogP contribution in [0.3, 0.4) is 0 Å². The third-order valence-corrected chi connectivity index (χ3v) is 8.95. The minimum absolute atomic E-state index is 0.0671. The Hall–Kier alpha value is -0.880. The molecule has 1 fully saturated rings. The summed E-state index contributed by atoms with van der Waals surface area (Å²) in [6, 6.07) is 14.5. The van der Waals surface area contributed by atoms with Gasteiger partial charge in [-0.1, -0.05) is 46.1 Å². The summed E-state index contributed by atoms with van der Waals surface area (Å²) in [6.45, 7) is 3.91. The molecule has 7 heteroatoms. The standard InChI is InChI=1S/C18H19Cl2NO2S2/c1-13-3-7-16(8-4-13)24(12-15-11-18(15,19)20)21-25(22,23)17-9-5-14(2)6-10-17/h3-10,15H,11-12H2,1-2H3/t15-,24+/m1/s1. The van der Waals surface area contributed by atoms with Gasteiger partial charge in [0.2, 0.25) is 0 Å². The van der Waals surface area contributed by atoms with Gasteiger partial charge in [0.05, 0.1) is 4.90 Å². The van der Waals surface area contributed by atoms with Crippen molar-refractivity contribution in [3.63, 3.8) is 0 Å². The molecule has 25 heavy (non-hydrogen) atoms. The molecule has 0 saturated heterocycles. The van der Waals surface area contributed by atoms with E-state index in [-0.39, 0.29) is 10.8 Å². The zero-order chi connectivity index (χ0) is 18.2. The Bertz CT molecular complexity index is 905. The highest BCUT2D eigenvalue weighted by atomic mass is 35.5. The smallest absolute Gasteiger partial charge is 0.199 e. The Morgan fingerprint density at radius 3 is 2.00 bits per heavy atom. The monoisotopic (exact) mass is 415 g/mol. The zero-order valence-corrected chi connectivity index (χ0v) is 17.1. The molecule has 3 nitrogen and oxygen atoms in total. The normalized spacial score (nSPS) is 20.4. The van der Waals surface area contributed by atoms with Crippen molar-refractivity contribution >= 4 is 43.9 Å². The maximum Gasteiger partial charge on any atom is 0.288 e. The van der Waals surface area contributed by atoms with Gasteiger partial charge in [-0.3, -0.25) is 0 Å². The largest absolute Gasteiger partial charge is 0.288 e. The summed E-state index contributed by atoms with van der Waals surface area (Å²) in [5.74, 6) is 0.610. The first-order valence-corrected chi connectivity index (χ1v) is 11.4. The summed E-state index contributed by atoms with van der Waals surface area (Å²) in [4.78, 5) is 1.10. The molecule has 0 N–H and O–H groups in total. The van der Waals surface area contributed by atoms with Crippen LogP contribution in [0.1, 0.15) is 17.5 Å². The lowest BCUT2D eigenvalue weighted by atomic mass is 10.2. The fourth-order valence-corrected chi connectivity index (χ4v) is 6.87. The van der Waals surface area contributed by atoms with Crippen LogP contribution in [0.25, 0.3) is 0 Å². The van der Waals surface area contributed by atoms with Crippen molar-refractivity contribution < 1.29 is 8.42 Å². The van der Waals surface area contributed by atoms with Gasteiger partial charge in [-0.2, -0.15) is 8.42 Å². The number of aryl methyl sites for hydroxylation is 2.